The van der Waals surface area contributed by atoms with E-state index >= 15 is 0 Å². The minimum absolute atomic E-state index is 0.143. The van der Waals surface area contributed by atoms with Crippen LogP contribution in [0.1, 0.15) is 48.0 Å². The molecular weight excluding hydrogens is 184 g/mol. The number of Topliss-reactive ketones (excluding diaryl/α,β-unsaturated/α-hetero) is 1. The number of carbonyl (C=O) groups excluding carboxylic acids is 1. The van der Waals surface area contributed by atoms with Crippen LogP contribution in [0.5, 0.6) is 0 Å². The summed E-state index contributed by atoms with van der Waals surface area (Å²) in [5.41, 5.74) is 3.32. The van der Waals surface area contributed by atoms with Gasteiger partial charge in [-0.25, -0.2) is 0 Å². The van der Waals surface area contributed by atoms with E-state index in [1.54, 1.807) is 12.5 Å². The van der Waals surface area contributed by atoms with Crippen molar-refractivity contribution in [2.45, 2.75) is 48.0 Å². The maximum absolute atomic E-state index is 11.9. The summed E-state index contributed by atoms with van der Waals surface area (Å²) in [5, 5.41) is 0. The van der Waals surface area contributed by atoms with E-state index in [9.17, 15) is 4.79 Å². The molecule has 1 fully saturated rings. The molecule has 3 atom stereocenters. The van der Waals surface area contributed by atoms with Crippen molar-refractivity contribution in [3.05, 3.63) is 11.1 Å². The molecule has 0 N–H and O–H groups in total. The largest absolute Gasteiger partial charge is 0.300 e. The molecule has 0 aromatic rings. The molecule has 84 valence electrons. The first-order chi connectivity index (χ1) is 6.73. The molecule has 2 rings (SSSR count). The predicted octanol–water partition coefficient (Wildman–Crippen LogP) is 3.59. The second-order valence-corrected chi connectivity index (χ2v) is 6.35. The first-order valence-electron chi connectivity index (χ1n) is 5.91. The quantitative estimate of drug-likeness (QED) is 0.599. The molecule has 0 aromatic carbocycles. The highest BCUT2D eigenvalue weighted by Crippen LogP contribution is 2.67. The molecule has 0 aliphatic heterocycles. The normalized spacial score (nSPS) is 42.5. The topological polar surface area (TPSA) is 17.1 Å². The molecule has 0 saturated heterocycles. The van der Waals surface area contributed by atoms with E-state index in [-0.39, 0.29) is 16.7 Å². The Kier molecular flexibility index (Phi) is 2.00. The van der Waals surface area contributed by atoms with Crippen molar-refractivity contribution in [3.8, 4) is 0 Å². The van der Waals surface area contributed by atoms with Crippen molar-refractivity contribution in [3.63, 3.8) is 0 Å². The highest BCUT2D eigenvalue weighted by Gasteiger charge is 2.62. The molecule has 15 heavy (non-hydrogen) atoms. The molecule has 0 spiro atoms. The van der Waals surface area contributed by atoms with E-state index in [4.69, 9.17) is 0 Å². The molecule has 1 heteroatoms. The van der Waals surface area contributed by atoms with Gasteiger partial charge in [-0.15, -0.1) is 0 Å². The molecule has 2 aliphatic carbocycles. The monoisotopic (exact) mass is 206 g/mol. The number of allylic oxidation sites excluding steroid dienone is 2. The Morgan fingerprint density at radius 3 is 2.20 bits per heavy atom. The average Bonchev–Trinajstić information content (AvgIpc) is 2.42. The summed E-state index contributed by atoms with van der Waals surface area (Å²) in [4.78, 5) is 11.9. The lowest BCUT2D eigenvalue weighted by molar-refractivity contribution is -0.126. The summed E-state index contributed by atoms with van der Waals surface area (Å²) in [5.74, 6) is 1.21. The number of rotatable bonds is 1. The smallest absolute Gasteiger partial charge is 0.134 e. The Bertz CT molecular complexity index is 362. The minimum atomic E-state index is 0.143. The van der Waals surface area contributed by atoms with Gasteiger partial charge in [-0.1, -0.05) is 31.9 Å². The third kappa shape index (κ3) is 1.07. The summed E-state index contributed by atoms with van der Waals surface area (Å²) in [6.07, 6.45) is 1.18. The van der Waals surface area contributed by atoms with Gasteiger partial charge in [0, 0.05) is 5.92 Å². The first-order valence-corrected chi connectivity index (χ1v) is 5.91. The molecule has 2 aliphatic rings. The van der Waals surface area contributed by atoms with E-state index in [1.807, 2.05) is 0 Å². The maximum atomic E-state index is 11.9. The van der Waals surface area contributed by atoms with Crippen molar-refractivity contribution >= 4 is 5.78 Å². The lowest BCUT2D eigenvalue weighted by atomic mass is 9.61. The highest BCUT2D eigenvalue weighted by molar-refractivity contribution is 5.82. The second-order valence-electron chi connectivity index (χ2n) is 6.35. The molecule has 0 radical (unpaired) electrons. The van der Waals surface area contributed by atoms with E-state index in [1.165, 1.54) is 12.0 Å². The van der Waals surface area contributed by atoms with Crippen molar-refractivity contribution in [2.75, 3.05) is 0 Å². The Balaban J connectivity index is 2.58. The molecule has 1 saturated carbocycles. The van der Waals surface area contributed by atoms with Crippen LogP contribution in [0.15, 0.2) is 11.1 Å². The van der Waals surface area contributed by atoms with Crippen LogP contribution in [-0.2, 0) is 4.79 Å². The highest BCUT2D eigenvalue weighted by atomic mass is 16.1. The number of ketones is 1. The van der Waals surface area contributed by atoms with Gasteiger partial charge in [0.15, 0.2) is 0 Å². The van der Waals surface area contributed by atoms with Gasteiger partial charge < -0.3 is 0 Å². The van der Waals surface area contributed by atoms with Crippen molar-refractivity contribution < 1.29 is 4.79 Å². The van der Waals surface area contributed by atoms with Gasteiger partial charge in [0.25, 0.3) is 0 Å². The fraction of sp³-hybridized carbons (Fsp3) is 0.786. The average molecular weight is 206 g/mol. The van der Waals surface area contributed by atoms with Crippen LogP contribution >= 0.6 is 0 Å². The Morgan fingerprint density at radius 2 is 1.80 bits per heavy atom. The summed E-state index contributed by atoms with van der Waals surface area (Å²) < 4.78 is 0. The number of hydrogen-bond acceptors (Lipinski definition) is 1. The Morgan fingerprint density at radius 1 is 1.27 bits per heavy atom. The van der Waals surface area contributed by atoms with Crippen molar-refractivity contribution in [1.29, 1.82) is 0 Å². The summed E-state index contributed by atoms with van der Waals surface area (Å²) in [6.45, 7) is 13.1. The van der Waals surface area contributed by atoms with Crippen molar-refractivity contribution in [2.24, 2.45) is 22.7 Å². The summed E-state index contributed by atoms with van der Waals surface area (Å²) >= 11 is 0. The van der Waals surface area contributed by atoms with E-state index in [2.05, 4.69) is 34.6 Å². The van der Waals surface area contributed by atoms with Crippen LogP contribution in [0.25, 0.3) is 0 Å². The van der Waals surface area contributed by atoms with Gasteiger partial charge in [-0.3, -0.25) is 4.79 Å². The molecule has 2 unspecified atom stereocenters. The lowest BCUT2D eigenvalue weighted by Gasteiger charge is -2.42. The molecule has 0 amide bonds. The van der Waals surface area contributed by atoms with E-state index in [0.29, 0.717) is 11.7 Å². The fourth-order valence-electron chi connectivity index (χ4n) is 4.59. The van der Waals surface area contributed by atoms with Gasteiger partial charge in [0.1, 0.15) is 5.78 Å². The fourth-order valence-corrected chi connectivity index (χ4v) is 4.59. The van der Waals surface area contributed by atoms with Crippen LogP contribution in [-0.4, -0.2) is 5.78 Å². The number of fused-ring (bicyclic) bond motifs is 2. The second kappa shape index (κ2) is 2.75. The zero-order valence-corrected chi connectivity index (χ0v) is 10.8. The van der Waals surface area contributed by atoms with Crippen LogP contribution < -0.4 is 0 Å². The maximum Gasteiger partial charge on any atom is 0.134 e. The van der Waals surface area contributed by atoms with Gasteiger partial charge in [-0.05, 0) is 43.9 Å². The molecule has 1 nitrogen and oxygen atoms in total. The molecule has 0 heterocycles. The molecule has 0 aromatic heterocycles. The van der Waals surface area contributed by atoms with Gasteiger partial charge >= 0.3 is 0 Å². The van der Waals surface area contributed by atoms with Gasteiger partial charge in [0.2, 0.25) is 0 Å². The Hall–Kier alpha value is -0.590. The third-order valence-electron chi connectivity index (χ3n) is 5.28. The predicted molar refractivity (Wildman–Crippen MR) is 62.5 cm³/mol. The standard InChI is InChI=1S/C14H22O/c1-8-9(2)14(6)7-11(8)13(4,5)12(14)10(3)15/h11-12H,7H2,1-6H3/t11-,12?,14?/m0/s1. The van der Waals surface area contributed by atoms with Crippen molar-refractivity contribution in [1.82, 2.24) is 0 Å². The summed E-state index contributed by atoms with van der Waals surface area (Å²) in [7, 11) is 0. The minimum Gasteiger partial charge on any atom is -0.300 e. The van der Waals surface area contributed by atoms with Gasteiger partial charge in [0.05, 0.1) is 0 Å². The van der Waals surface area contributed by atoms with Crippen LogP contribution in [0.2, 0.25) is 0 Å². The van der Waals surface area contributed by atoms with E-state index in [0.717, 1.165) is 0 Å². The number of carbonyl (C=O) groups is 1. The third-order valence-corrected chi connectivity index (χ3v) is 5.28. The SMILES string of the molecule is CC(=O)C1C2(C)C[C@@H](C(C)=C2C)C1(C)C. The molecular formula is C14H22O. The molecule has 2 bridgehead atoms. The van der Waals surface area contributed by atoms with Crippen LogP contribution in [0.4, 0.5) is 0 Å². The zero-order valence-electron chi connectivity index (χ0n) is 10.8. The first kappa shape index (κ1) is 10.9. The summed E-state index contributed by atoms with van der Waals surface area (Å²) in [6, 6.07) is 0. The lowest BCUT2D eigenvalue weighted by Crippen LogP contribution is -2.40. The number of hydrogen-bond donors (Lipinski definition) is 0. The van der Waals surface area contributed by atoms with Crippen LogP contribution in [0, 0.1) is 22.7 Å². The van der Waals surface area contributed by atoms with Gasteiger partial charge in [-0.2, -0.15) is 0 Å². The van der Waals surface area contributed by atoms with E-state index < -0.39 is 0 Å². The zero-order chi connectivity index (χ0) is 11.6. The van der Waals surface area contributed by atoms with Crippen LogP contribution in [0.3, 0.4) is 0 Å². The Labute approximate surface area is 92.9 Å².